The number of nitro benzene ring substituents is 1. The number of ether oxygens (including phenoxy) is 1. The summed E-state index contributed by atoms with van der Waals surface area (Å²) in [4.78, 5) is 35.6. The van der Waals surface area contributed by atoms with Gasteiger partial charge in [-0.15, -0.1) is 11.3 Å². The van der Waals surface area contributed by atoms with E-state index in [1.54, 1.807) is 12.1 Å². The van der Waals surface area contributed by atoms with Gasteiger partial charge < -0.3 is 10.1 Å². The second-order valence-corrected chi connectivity index (χ2v) is 6.20. The number of para-hydroxylation sites is 2. The van der Waals surface area contributed by atoms with Gasteiger partial charge in [0.25, 0.3) is 11.6 Å². The molecule has 126 valence electrons. The van der Waals surface area contributed by atoms with E-state index in [2.05, 4.69) is 5.32 Å². The van der Waals surface area contributed by atoms with Crippen LogP contribution in [0.2, 0.25) is 0 Å². The van der Waals surface area contributed by atoms with Crippen LogP contribution in [0.3, 0.4) is 0 Å². The molecule has 0 saturated heterocycles. The van der Waals surface area contributed by atoms with Crippen LogP contribution in [-0.2, 0) is 16.0 Å². The van der Waals surface area contributed by atoms with Gasteiger partial charge in [0.15, 0.2) is 6.61 Å². The van der Waals surface area contributed by atoms with Crippen LogP contribution in [0, 0.1) is 17.0 Å². The van der Waals surface area contributed by atoms with E-state index in [4.69, 9.17) is 4.74 Å². The number of nitrogens with one attached hydrogen (secondary N) is 1. The van der Waals surface area contributed by atoms with E-state index in [1.807, 2.05) is 13.8 Å². The molecule has 8 heteroatoms. The van der Waals surface area contributed by atoms with Gasteiger partial charge in [-0.3, -0.25) is 14.9 Å². The largest absolute Gasteiger partial charge is 0.451 e. The van der Waals surface area contributed by atoms with Gasteiger partial charge in [-0.05, 0) is 31.0 Å². The zero-order valence-electron chi connectivity index (χ0n) is 13.2. The van der Waals surface area contributed by atoms with E-state index in [1.165, 1.54) is 29.5 Å². The second-order valence-electron chi connectivity index (χ2n) is 4.94. The van der Waals surface area contributed by atoms with Crippen molar-refractivity contribution in [3.8, 4) is 0 Å². The van der Waals surface area contributed by atoms with Crippen LogP contribution in [0.15, 0.2) is 30.3 Å². The topological polar surface area (TPSA) is 98.5 Å². The third-order valence-electron chi connectivity index (χ3n) is 3.31. The number of thiophene rings is 1. The molecule has 0 spiro atoms. The average molecular weight is 348 g/mol. The molecule has 0 atom stereocenters. The first-order valence-electron chi connectivity index (χ1n) is 7.22. The van der Waals surface area contributed by atoms with Crippen molar-refractivity contribution in [2.24, 2.45) is 0 Å². The maximum absolute atomic E-state index is 12.0. The van der Waals surface area contributed by atoms with Gasteiger partial charge in [0.2, 0.25) is 0 Å². The Hall–Kier alpha value is -2.74. The molecular weight excluding hydrogens is 332 g/mol. The number of benzene rings is 1. The molecule has 2 aromatic rings. The first-order valence-corrected chi connectivity index (χ1v) is 8.03. The zero-order chi connectivity index (χ0) is 17.7. The van der Waals surface area contributed by atoms with Crippen molar-refractivity contribution in [1.82, 2.24) is 0 Å². The minimum absolute atomic E-state index is 0.0591. The summed E-state index contributed by atoms with van der Waals surface area (Å²) in [6.45, 7) is 3.40. The monoisotopic (exact) mass is 348 g/mol. The summed E-state index contributed by atoms with van der Waals surface area (Å²) in [5, 5.41) is 13.3. The minimum Gasteiger partial charge on any atom is -0.451 e. The highest BCUT2D eigenvalue weighted by Crippen LogP contribution is 2.24. The van der Waals surface area contributed by atoms with Gasteiger partial charge in [0.05, 0.1) is 4.92 Å². The fourth-order valence-electron chi connectivity index (χ4n) is 2.10. The Morgan fingerprint density at radius 3 is 2.67 bits per heavy atom. The summed E-state index contributed by atoms with van der Waals surface area (Å²) >= 11 is 1.31. The van der Waals surface area contributed by atoms with E-state index >= 15 is 0 Å². The fourth-order valence-corrected chi connectivity index (χ4v) is 3.11. The van der Waals surface area contributed by atoms with Crippen molar-refractivity contribution < 1.29 is 19.2 Å². The van der Waals surface area contributed by atoms with Crippen molar-refractivity contribution in [3.63, 3.8) is 0 Å². The number of hydrogen-bond acceptors (Lipinski definition) is 6. The standard InChI is InChI=1S/C16H16N2O5S/c1-3-11-8-14(24-10(11)2)16(20)23-9-15(19)17-12-6-4-5-7-13(12)18(21)22/h4-8H,3,9H2,1-2H3,(H,17,19). The molecule has 0 aliphatic carbocycles. The number of nitro groups is 1. The molecule has 1 amide bonds. The maximum Gasteiger partial charge on any atom is 0.348 e. The number of carbonyl (C=O) groups excluding carboxylic acids is 2. The normalized spacial score (nSPS) is 10.2. The molecule has 0 aliphatic heterocycles. The van der Waals surface area contributed by atoms with Crippen LogP contribution >= 0.6 is 11.3 Å². The highest BCUT2D eigenvalue weighted by atomic mass is 32.1. The van der Waals surface area contributed by atoms with Crippen molar-refractivity contribution >= 4 is 34.6 Å². The molecule has 0 bridgehead atoms. The molecule has 24 heavy (non-hydrogen) atoms. The number of anilines is 1. The Morgan fingerprint density at radius 1 is 1.33 bits per heavy atom. The lowest BCUT2D eigenvalue weighted by atomic mass is 10.2. The van der Waals surface area contributed by atoms with Crippen molar-refractivity contribution in [3.05, 3.63) is 55.8 Å². The Morgan fingerprint density at radius 2 is 2.04 bits per heavy atom. The Kier molecular flexibility index (Phi) is 5.64. The number of esters is 1. The summed E-state index contributed by atoms with van der Waals surface area (Å²) in [7, 11) is 0. The SMILES string of the molecule is CCc1cc(C(=O)OCC(=O)Nc2ccccc2[N+](=O)[O-])sc1C. The van der Waals surface area contributed by atoms with Crippen LogP contribution in [0.25, 0.3) is 0 Å². The molecule has 0 aliphatic rings. The lowest BCUT2D eigenvalue weighted by molar-refractivity contribution is -0.383. The third-order valence-corrected chi connectivity index (χ3v) is 4.38. The summed E-state index contributed by atoms with van der Waals surface area (Å²) in [5.41, 5.74) is 0.902. The highest BCUT2D eigenvalue weighted by Gasteiger charge is 2.17. The summed E-state index contributed by atoms with van der Waals surface area (Å²) < 4.78 is 4.96. The van der Waals surface area contributed by atoms with E-state index in [0.717, 1.165) is 16.9 Å². The maximum atomic E-state index is 12.0. The molecule has 7 nitrogen and oxygen atoms in total. The molecule has 0 radical (unpaired) electrons. The predicted molar refractivity (Wildman–Crippen MR) is 90.4 cm³/mol. The number of carbonyl (C=O) groups is 2. The van der Waals surface area contributed by atoms with Gasteiger partial charge in [-0.2, -0.15) is 0 Å². The summed E-state index contributed by atoms with van der Waals surface area (Å²) in [6.07, 6.45) is 0.813. The lowest BCUT2D eigenvalue weighted by Crippen LogP contribution is -2.21. The van der Waals surface area contributed by atoms with Crippen LogP contribution in [0.1, 0.15) is 27.0 Å². The average Bonchev–Trinajstić information content (AvgIpc) is 2.94. The number of amides is 1. The van der Waals surface area contributed by atoms with Crippen LogP contribution in [0.4, 0.5) is 11.4 Å². The fraction of sp³-hybridized carbons (Fsp3) is 0.250. The Labute approximate surface area is 142 Å². The molecule has 0 fully saturated rings. The molecular formula is C16H16N2O5S. The lowest BCUT2D eigenvalue weighted by Gasteiger charge is -2.06. The van der Waals surface area contributed by atoms with Gasteiger partial charge in [0, 0.05) is 10.9 Å². The molecule has 1 heterocycles. The Bertz CT molecular complexity index is 785. The van der Waals surface area contributed by atoms with E-state index in [9.17, 15) is 19.7 Å². The molecule has 2 rings (SSSR count). The number of nitrogens with zero attached hydrogens (tertiary/aromatic N) is 1. The molecule has 0 saturated carbocycles. The molecule has 1 N–H and O–H groups in total. The third kappa shape index (κ3) is 4.17. The number of hydrogen-bond donors (Lipinski definition) is 1. The smallest absolute Gasteiger partial charge is 0.348 e. The van der Waals surface area contributed by atoms with Crippen LogP contribution in [-0.4, -0.2) is 23.4 Å². The second kappa shape index (κ2) is 7.69. The van der Waals surface area contributed by atoms with E-state index in [-0.39, 0.29) is 11.4 Å². The van der Waals surface area contributed by atoms with Gasteiger partial charge in [0.1, 0.15) is 10.6 Å². The molecule has 0 unspecified atom stereocenters. The first-order chi connectivity index (χ1) is 11.4. The van der Waals surface area contributed by atoms with E-state index in [0.29, 0.717) is 4.88 Å². The number of rotatable bonds is 6. The first kappa shape index (κ1) is 17.6. The minimum atomic E-state index is -0.637. The van der Waals surface area contributed by atoms with Crippen molar-refractivity contribution in [1.29, 1.82) is 0 Å². The van der Waals surface area contributed by atoms with Crippen LogP contribution < -0.4 is 5.32 Å². The number of aryl methyl sites for hydroxylation is 2. The van der Waals surface area contributed by atoms with Gasteiger partial charge >= 0.3 is 5.97 Å². The summed E-state index contributed by atoms with van der Waals surface area (Å²) in [6, 6.07) is 7.51. The molecule has 1 aromatic heterocycles. The van der Waals surface area contributed by atoms with Crippen molar-refractivity contribution in [2.45, 2.75) is 20.3 Å². The molecule has 1 aromatic carbocycles. The van der Waals surface area contributed by atoms with Gasteiger partial charge in [-0.1, -0.05) is 19.1 Å². The zero-order valence-corrected chi connectivity index (χ0v) is 14.0. The Balaban J connectivity index is 1.96. The quantitative estimate of drug-likeness (QED) is 0.490. The highest BCUT2D eigenvalue weighted by molar-refractivity contribution is 7.14. The predicted octanol–water partition coefficient (Wildman–Crippen LogP) is 3.32. The summed E-state index contributed by atoms with van der Waals surface area (Å²) in [5.74, 6) is -1.22. The van der Waals surface area contributed by atoms with Crippen LogP contribution in [0.5, 0.6) is 0 Å². The van der Waals surface area contributed by atoms with Crippen molar-refractivity contribution in [2.75, 3.05) is 11.9 Å². The van der Waals surface area contributed by atoms with E-state index < -0.39 is 23.4 Å². The van der Waals surface area contributed by atoms with Gasteiger partial charge in [-0.25, -0.2) is 4.79 Å².